The van der Waals surface area contributed by atoms with E-state index in [-0.39, 0.29) is 11.4 Å². The average molecular weight is 326 g/mol. The first kappa shape index (κ1) is 15.8. The quantitative estimate of drug-likeness (QED) is 0.704. The lowest BCUT2D eigenvalue weighted by atomic mass is 10.1. The number of halogens is 1. The number of aliphatic carboxylic acids is 1. The Morgan fingerprint density at radius 3 is 2.71 bits per heavy atom. The van der Waals surface area contributed by atoms with Crippen LogP contribution in [-0.4, -0.2) is 18.2 Å². The van der Waals surface area contributed by atoms with Gasteiger partial charge in [0.15, 0.2) is 11.3 Å². The van der Waals surface area contributed by atoms with E-state index in [1.807, 2.05) is 0 Å². The van der Waals surface area contributed by atoms with Crippen molar-refractivity contribution in [1.29, 1.82) is 0 Å². The van der Waals surface area contributed by atoms with Crippen molar-refractivity contribution < 1.29 is 23.4 Å². The molecule has 3 aromatic rings. The Morgan fingerprint density at radius 1 is 1.25 bits per heavy atom. The molecule has 4 nitrogen and oxygen atoms in total. The van der Waals surface area contributed by atoms with Crippen LogP contribution in [0.15, 0.2) is 52.5 Å². The van der Waals surface area contributed by atoms with Crippen molar-refractivity contribution in [3.05, 3.63) is 59.4 Å². The summed E-state index contributed by atoms with van der Waals surface area (Å²) in [6, 6.07) is 11.4. The highest BCUT2D eigenvalue weighted by Gasteiger charge is 2.13. The van der Waals surface area contributed by atoms with E-state index < -0.39 is 5.97 Å². The van der Waals surface area contributed by atoms with E-state index in [0.717, 1.165) is 5.39 Å². The molecule has 0 unspecified atom stereocenters. The molecule has 122 valence electrons. The van der Waals surface area contributed by atoms with E-state index in [1.165, 1.54) is 26.2 Å². The van der Waals surface area contributed by atoms with Gasteiger partial charge in [0, 0.05) is 16.5 Å². The van der Waals surface area contributed by atoms with E-state index in [0.29, 0.717) is 28.2 Å². The fourth-order valence-corrected chi connectivity index (χ4v) is 2.47. The first-order chi connectivity index (χ1) is 11.5. The number of rotatable bonds is 4. The first-order valence-corrected chi connectivity index (χ1v) is 7.27. The SMILES string of the molecule is COc1cc(/C=C(\C)C(=O)O)cc2cc(-c3cccc(F)c3)oc12. The molecular weight excluding hydrogens is 311 g/mol. The Kier molecular flexibility index (Phi) is 4.08. The highest BCUT2D eigenvalue weighted by Crippen LogP contribution is 2.35. The van der Waals surface area contributed by atoms with Crippen LogP contribution in [0.2, 0.25) is 0 Å². The summed E-state index contributed by atoms with van der Waals surface area (Å²) in [5.41, 5.74) is 2.05. The number of furan rings is 1. The standard InChI is InChI=1S/C19H15FO4/c1-11(19(21)22)6-12-7-14-10-16(13-4-3-5-15(20)9-13)24-18(14)17(8-12)23-2/h3-10H,1-2H3,(H,21,22)/b11-6+. The fraction of sp³-hybridized carbons (Fsp3) is 0.105. The minimum Gasteiger partial charge on any atom is -0.493 e. The second-order valence-corrected chi connectivity index (χ2v) is 5.40. The van der Waals surface area contributed by atoms with E-state index in [9.17, 15) is 9.18 Å². The maximum absolute atomic E-state index is 13.4. The van der Waals surface area contributed by atoms with Gasteiger partial charge >= 0.3 is 5.97 Å². The molecule has 0 spiro atoms. The summed E-state index contributed by atoms with van der Waals surface area (Å²) in [6.07, 6.45) is 1.55. The molecule has 0 bridgehead atoms. The van der Waals surface area contributed by atoms with Gasteiger partial charge in [-0.2, -0.15) is 0 Å². The summed E-state index contributed by atoms with van der Waals surface area (Å²) in [7, 11) is 1.51. The number of methoxy groups -OCH3 is 1. The largest absolute Gasteiger partial charge is 0.493 e. The zero-order chi connectivity index (χ0) is 17.3. The predicted molar refractivity (Wildman–Crippen MR) is 89.4 cm³/mol. The topological polar surface area (TPSA) is 59.7 Å². The average Bonchev–Trinajstić information content (AvgIpc) is 2.98. The molecule has 1 heterocycles. The number of fused-ring (bicyclic) bond motifs is 1. The van der Waals surface area contributed by atoms with Gasteiger partial charge in [0.2, 0.25) is 0 Å². The number of carboxylic acids is 1. The normalized spacial score (nSPS) is 11.7. The molecule has 5 heteroatoms. The van der Waals surface area contributed by atoms with Gasteiger partial charge in [-0.25, -0.2) is 9.18 Å². The Morgan fingerprint density at radius 2 is 2.04 bits per heavy atom. The van der Waals surface area contributed by atoms with Gasteiger partial charge < -0.3 is 14.3 Å². The number of ether oxygens (including phenoxy) is 1. The van der Waals surface area contributed by atoms with E-state index in [1.54, 1.807) is 36.4 Å². The molecule has 24 heavy (non-hydrogen) atoms. The van der Waals surface area contributed by atoms with Crippen LogP contribution in [-0.2, 0) is 4.79 Å². The molecule has 0 saturated carbocycles. The molecular formula is C19H15FO4. The third-order valence-corrected chi connectivity index (χ3v) is 3.65. The lowest BCUT2D eigenvalue weighted by Crippen LogP contribution is -1.95. The van der Waals surface area contributed by atoms with Crippen LogP contribution in [0.5, 0.6) is 5.75 Å². The molecule has 0 fully saturated rings. The van der Waals surface area contributed by atoms with Crippen molar-refractivity contribution in [1.82, 2.24) is 0 Å². The molecule has 0 saturated heterocycles. The van der Waals surface area contributed by atoms with Crippen molar-refractivity contribution in [2.24, 2.45) is 0 Å². The van der Waals surface area contributed by atoms with Gasteiger partial charge in [-0.15, -0.1) is 0 Å². The lowest BCUT2D eigenvalue weighted by Gasteiger charge is -2.03. The summed E-state index contributed by atoms with van der Waals surface area (Å²) < 4.78 is 24.6. The molecule has 0 amide bonds. The van der Waals surface area contributed by atoms with Crippen molar-refractivity contribution >= 4 is 23.0 Å². The predicted octanol–water partition coefficient (Wildman–Crippen LogP) is 4.74. The first-order valence-electron chi connectivity index (χ1n) is 7.27. The Bertz CT molecular complexity index is 953. The maximum Gasteiger partial charge on any atom is 0.331 e. The highest BCUT2D eigenvalue weighted by molar-refractivity contribution is 5.94. The van der Waals surface area contributed by atoms with Gasteiger partial charge in [0.25, 0.3) is 0 Å². The molecule has 2 aromatic carbocycles. The molecule has 0 atom stereocenters. The second kappa shape index (κ2) is 6.20. The van der Waals surface area contributed by atoms with Crippen molar-refractivity contribution in [2.45, 2.75) is 6.92 Å². The lowest BCUT2D eigenvalue weighted by molar-refractivity contribution is -0.132. The zero-order valence-corrected chi connectivity index (χ0v) is 13.2. The molecule has 0 aliphatic heterocycles. The smallest absolute Gasteiger partial charge is 0.331 e. The van der Waals surface area contributed by atoms with Gasteiger partial charge in [-0.05, 0) is 48.9 Å². The summed E-state index contributed by atoms with van der Waals surface area (Å²) in [5, 5.41) is 9.76. The van der Waals surface area contributed by atoms with Crippen LogP contribution in [0.3, 0.4) is 0 Å². The second-order valence-electron chi connectivity index (χ2n) is 5.40. The molecule has 0 aliphatic rings. The van der Waals surface area contributed by atoms with Crippen LogP contribution >= 0.6 is 0 Å². The Balaban J connectivity index is 2.15. The summed E-state index contributed by atoms with van der Waals surface area (Å²) >= 11 is 0. The highest BCUT2D eigenvalue weighted by atomic mass is 19.1. The van der Waals surface area contributed by atoms with E-state index in [4.69, 9.17) is 14.3 Å². The van der Waals surface area contributed by atoms with Gasteiger partial charge in [-0.3, -0.25) is 0 Å². The van der Waals surface area contributed by atoms with Crippen LogP contribution in [0, 0.1) is 5.82 Å². The molecule has 0 aliphatic carbocycles. The van der Waals surface area contributed by atoms with E-state index in [2.05, 4.69) is 0 Å². The number of carboxylic acid groups (broad SMARTS) is 1. The fourth-order valence-electron chi connectivity index (χ4n) is 2.47. The van der Waals surface area contributed by atoms with Gasteiger partial charge in [0.1, 0.15) is 11.6 Å². The Labute approximate surface area is 137 Å². The molecule has 3 rings (SSSR count). The van der Waals surface area contributed by atoms with Crippen LogP contribution in [0.4, 0.5) is 4.39 Å². The third-order valence-electron chi connectivity index (χ3n) is 3.65. The van der Waals surface area contributed by atoms with Crippen LogP contribution in [0.1, 0.15) is 12.5 Å². The number of hydrogen-bond acceptors (Lipinski definition) is 3. The van der Waals surface area contributed by atoms with Crippen LogP contribution < -0.4 is 4.74 Å². The molecule has 1 aromatic heterocycles. The number of benzene rings is 2. The van der Waals surface area contributed by atoms with Crippen molar-refractivity contribution in [3.8, 4) is 17.1 Å². The van der Waals surface area contributed by atoms with Crippen LogP contribution in [0.25, 0.3) is 28.4 Å². The summed E-state index contributed by atoms with van der Waals surface area (Å²) in [6.45, 7) is 1.52. The number of carbonyl (C=O) groups is 1. The van der Waals surface area contributed by atoms with E-state index >= 15 is 0 Å². The zero-order valence-electron chi connectivity index (χ0n) is 13.2. The Hall–Kier alpha value is -3.08. The minimum atomic E-state index is -0.985. The van der Waals surface area contributed by atoms with Crippen molar-refractivity contribution in [2.75, 3.05) is 7.11 Å². The maximum atomic E-state index is 13.4. The minimum absolute atomic E-state index is 0.213. The molecule has 1 N–H and O–H groups in total. The van der Waals surface area contributed by atoms with Gasteiger partial charge in [-0.1, -0.05) is 12.1 Å². The molecule has 0 radical (unpaired) electrons. The summed E-state index contributed by atoms with van der Waals surface area (Å²) in [4.78, 5) is 11.0. The number of hydrogen-bond donors (Lipinski definition) is 1. The monoisotopic (exact) mass is 326 g/mol. The van der Waals surface area contributed by atoms with Crippen molar-refractivity contribution in [3.63, 3.8) is 0 Å². The third kappa shape index (κ3) is 3.01. The van der Waals surface area contributed by atoms with Gasteiger partial charge in [0.05, 0.1) is 7.11 Å². The summed E-state index contributed by atoms with van der Waals surface area (Å²) in [5.74, 6) is -0.333.